The molecule has 0 saturated carbocycles. The summed E-state index contributed by atoms with van der Waals surface area (Å²) in [6.07, 6.45) is 2.08. The molecule has 0 radical (unpaired) electrons. The lowest BCUT2D eigenvalue weighted by atomic mass is 10.4. The molecule has 0 aliphatic heterocycles. The molecule has 0 spiro atoms. The van der Waals surface area contributed by atoms with E-state index < -0.39 is 0 Å². The van der Waals surface area contributed by atoms with Gasteiger partial charge in [0.2, 0.25) is 5.88 Å². The molecule has 1 rings (SSSR count). The molecule has 0 aromatic carbocycles. The summed E-state index contributed by atoms with van der Waals surface area (Å²) in [5, 5.41) is 0. The average molecular weight is 211 g/mol. The van der Waals surface area contributed by atoms with Gasteiger partial charge in [-0.1, -0.05) is 13.3 Å². The van der Waals surface area contributed by atoms with Gasteiger partial charge in [0.1, 0.15) is 5.82 Å². The molecule has 2 N–H and O–H groups in total. The lowest BCUT2D eigenvalue weighted by Gasteiger charge is -2.07. The highest BCUT2D eigenvalue weighted by Crippen LogP contribution is 2.15. The van der Waals surface area contributed by atoms with Crippen molar-refractivity contribution in [1.29, 1.82) is 0 Å². The normalized spacial score (nSPS) is 10.0. The SMILES string of the molecule is CCCCOc1cc(N)nc(OCC)n1. The number of ether oxygens (including phenoxy) is 2. The molecule has 0 unspecified atom stereocenters. The molecular weight excluding hydrogens is 194 g/mol. The zero-order chi connectivity index (χ0) is 11.1. The number of hydrogen-bond acceptors (Lipinski definition) is 5. The molecule has 0 aliphatic carbocycles. The molecule has 0 atom stereocenters. The fourth-order valence-corrected chi connectivity index (χ4v) is 1.01. The molecule has 1 aromatic heterocycles. The van der Waals surface area contributed by atoms with Crippen LogP contribution in [0.5, 0.6) is 11.9 Å². The van der Waals surface area contributed by atoms with Gasteiger partial charge in [0.25, 0.3) is 0 Å². The van der Waals surface area contributed by atoms with Gasteiger partial charge >= 0.3 is 6.01 Å². The van der Waals surface area contributed by atoms with Crippen molar-refractivity contribution in [2.24, 2.45) is 0 Å². The van der Waals surface area contributed by atoms with Crippen molar-refractivity contribution in [1.82, 2.24) is 9.97 Å². The number of aromatic nitrogens is 2. The van der Waals surface area contributed by atoms with E-state index >= 15 is 0 Å². The highest BCUT2D eigenvalue weighted by atomic mass is 16.5. The molecule has 5 heteroatoms. The van der Waals surface area contributed by atoms with Crippen LogP contribution in [-0.2, 0) is 0 Å². The third-order valence-corrected chi connectivity index (χ3v) is 1.72. The smallest absolute Gasteiger partial charge is 0.321 e. The molecule has 0 aliphatic rings. The minimum atomic E-state index is 0.268. The predicted molar refractivity (Wildman–Crippen MR) is 58.0 cm³/mol. The largest absolute Gasteiger partial charge is 0.477 e. The van der Waals surface area contributed by atoms with Crippen LogP contribution in [0.2, 0.25) is 0 Å². The lowest BCUT2D eigenvalue weighted by Crippen LogP contribution is -2.04. The summed E-state index contributed by atoms with van der Waals surface area (Å²) in [4.78, 5) is 7.98. The first-order chi connectivity index (χ1) is 7.26. The Hall–Kier alpha value is -1.52. The zero-order valence-corrected chi connectivity index (χ0v) is 9.19. The Balaban J connectivity index is 2.62. The first kappa shape index (κ1) is 11.6. The van der Waals surface area contributed by atoms with E-state index in [0.717, 1.165) is 12.8 Å². The van der Waals surface area contributed by atoms with E-state index in [9.17, 15) is 0 Å². The predicted octanol–water partition coefficient (Wildman–Crippen LogP) is 1.64. The van der Waals surface area contributed by atoms with Crippen LogP contribution in [0.3, 0.4) is 0 Å². The number of nitrogens with two attached hydrogens (primary N) is 1. The molecule has 15 heavy (non-hydrogen) atoms. The Morgan fingerprint density at radius 3 is 2.73 bits per heavy atom. The van der Waals surface area contributed by atoms with Gasteiger partial charge in [-0.2, -0.15) is 9.97 Å². The highest BCUT2D eigenvalue weighted by Gasteiger charge is 2.03. The molecule has 0 fully saturated rings. The summed E-state index contributed by atoms with van der Waals surface area (Å²) in [6, 6.07) is 1.86. The summed E-state index contributed by atoms with van der Waals surface area (Å²) in [6.45, 7) is 5.11. The maximum atomic E-state index is 5.58. The molecule has 84 valence electrons. The topological polar surface area (TPSA) is 70.3 Å². The second-order valence-corrected chi connectivity index (χ2v) is 3.05. The number of nitrogens with zero attached hydrogens (tertiary/aromatic N) is 2. The molecule has 5 nitrogen and oxygen atoms in total. The van der Waals surface area contributed by atoms with E-state index in [1.807, 2.05) is 6.92 Å². The third kappa shape index (κ3) is 4.01. The average Bonchev–Trinajstić information content (AvgIpc) is 2.18. The number of hydrogen-bond donors (Lipinski definition) is 1. The fourth-order valence-electron chi connectivity index (χ4n) is 1.01. The third-order valence-electron chi connectivity index (χ3n) is 1.72. The van der Waals surface area contributed by atoms with Crippen molar-refractivity contribution in [2.75, 3.05) is 18.9 Å². The summed E-state index contributed by atoms with van der Waals surface area (Å²) in [5.74, 6) is 0.833. The van der Waals surface area contributed by atoms with Crippen molar-refractivity contribution < 1.29 is 9.47 Å². The first-order valence-corrected chi connectivity index (χ1v) is 5.16. The van der Waals surface area contributed by atoms with Crippen LogP contribution < -0.4 is 15.2 Å². The Morgan fingerprint density at radius 1 is 1.27 bits per heavy atom. The first-order valence-electron chi connectivity index (χ1n) is 5.16. The van der Waals surface area contributed by atoms with Crippen molar-refractivity contribution >= 4 is 5.82 Å². The van der Waals surface area contributed by atoms with E-state index in [1.54, 1.807) is 6.07 Å². The molecular formula is C10H17N3O2. The Kier molecular flexibility index (Phi) is 4.66. The molecule has 1 heterocycles. The van der Waals surface area contributed by atoms with Crippen LogP contribution >= 0.6 is 0 Å². The minimum absolute atomic E-state index is 0.268. The monoisotopic (exact) mass is 211 g/mol. The van der Waals surface area contributed by atoms with Gasteiger partial charge in [0, 0.05) is 6.07 Å². The van der Waals surface area contributed by atoms with E-state index in [0.29, 0.717) is 24.9 Å². The van der Waals surface area contributed by atoms with Crippen LogP contribution in [0.25, 0.3) is 0 Å². The minimum Gasteiger partial charge on any atom is -0.477 e. The highest BCUT2D eigenvalue weighted by molar-refractivity contribution is 5.34. The van der Waals surface area contributed by atoms with Crippen LogP contribution in [0, 0.1) is 0 Å². The number of unbranched alkanes of at least 4 members (excludes halogenated alkanes) is 1. The summed E-state index contributed by atoms with van der Waals surface area (Å²) in [7, 11) is 0. The molecule has 1 aromatic rings. The lowest BCUT2D eigenvalue weighted by molar-refractivity contribution is 0.276. The van der Waals surface area contributed by atoms with Gasteiger partial charge in [-0.3, -0.25) is 0 Å². The van der Waals surface area contributed by atoms with E-state index in [2.05, 4.69) is 16.9 Å². The van der Waals surface area contributed by atoms with E-state index in [-0.39, 0.29) is 6.01 Å². The van der Waals surface area contributed by atoms with E-state index in [1.165, 1.54) is 0 Å². The molecule has 0 bridgehead atoms. The Morgan fingerprint density at radius 2 is 2.07 bits per heavy atom. The van der Waals surface area contributed by atoms with Gasteiger partial charge in [-0.25, -0.2) is 0 Å². The van der Waals surface area contributed by atoms with Crippen molar-refractivity contribution in [3.05, 3.63) is 6.07 Å². The van der Waals surface area contributed by atoms with Gasteiger partial charge in [-0.15, -0.1) is 0 Å². The van der Waals surface area contributed by atoms with Gasteiger partial charge in [0.15, 0.2) is 0 Å². The second kappa shape index (κ2) is 6.06. The second-order valence-electron chi connectivity index (χ2n) is 3.05. The van der Waals surface area contributed by atoms with Crippen molar-refractivity contribution in [2.45, 2.75) is 26.7 Å². The van der Waals surface area contributed by atoms with Crippen LogP contribution in [0.1, 0.15) is 26.7 Å². The molecule has 0 saturated heterocycles. The zero-order valence-electron chi connectivity index (χ0n) is 9.19. The quantitative estimate of drug-likeness (QED) is 0.724. The number of rotatable bonds is 6. The Bertz CT molecular complexity index is 305. The van der Waals surface area contributed by atoms with Crippen molar-refractivity contribution in [3.8, 4) is 11.9 Å². The fraction of sp³-hybridized carbons (Fsp3) is 0.600. The maximum absolute atomic E-state index is 5.58. The van der Waals surface area contributed by atoms with Crippen LogP contribution in [0.15, 0.2) is 6.07 Å². The summed E-state index contributed by atoms with van der Waals surface area (Å²) in [5.41, 5.74) is 5.58. The van der Waals surface area contributed by atoms with Crippen LogP contribution in [-0.4, -0.2) is 23.2 Å². The van der Waals surface area contributed by atoms with Gasteiger partial charge in [-0.05, 0) is 13.3 Å². The number of anilines is 1. The van der Waals surface area contributed by atoms with Crippen molar-refractivity contribution in [3.63, 3.8) is 0 Å². The summed E-state index contributed by atoms with van der Waals surface area (Å²) < 4.78 is 10.6. The Labute approximate surface area is 89.6 Å². The molecule has 0 amide bonds. The standard InChI is InChI=1S/C10H17N3O2/c1-3-5-6-15-9-7-8(11)12-10(13-9)14-4-2/h7H,3-6H2,1-2H3,(H2,11,12,13). The van der Waals surface area contributed by atoms with Gasteiger partial charge in [0.05, 0.1) is 13.2 Å². The summed E-state index contributed by atoms with van der Waals surface area (Å²) >= 11 is 0. The maximum Gasteiger partial charge on any atom is 0.321 e. The van der Waals surface area contributed by atoms with Crippen LogP contribution in [0.4, 0.5) is 5.82 Å². The number of nitrogen functional groups attached to an aromatic ring is 1. The van der Waals surface area contributed by atoms with E-state index in [4.69, 9.17) is 15.2 Å². The van der Waals surface area contributed by atoms with Gasteiger partial charge < -0.3 is 15.2 Å².